The van der Waals surface area contributed by atoms with Crippen LogP contribution in [0.1, 0.15) is 18.4 Å². The van der Waals surface area contributed by atoms with E-state index in [0.717, 1.165) is 30.8 Å². The number of methoxy groups -OCH3 is 1. The smallest absolute Gasteiger partial charge is 0.315 e. The Labute approximate surface area is 113 Å². The number of carbonyl (C=O) groups excluding carboxylic acids is 1. The summed E-state index contributed by atoms with van der Waals surface area (Å²) >= 11 is 0. The monoisotopic (exact) mass is 264 g/mol. The fourth-order valence-corrected chi connectivity index (χ4v) is 2.00. The van der Waals surface area contributed by atoms with Gasteiger partial charge in [0, 0.05) is 19.7 Å². The van der Waals surface area contributed by atoms with Gasteiger partial charge in [-0.3, -0.25) is 0 Å². The second-order valence-electron chi connectivity index (χ2n) is 4.55. The van der Waals surface area contributed by atoms with Crippen LogP contribution in [-0.2, 0) is 11.3 Å². The molecule has 1 saturated heterocycles. The summed E-state index contributed by atoms with van der Waals surface area (Å²) in [5.74, 6) is 0.812. The van der Waals surface area contributed by atoms with Crippen molar-refractivity contribution in [2.75, 3.05) is 20.3 Å². The summed E-state index contributed by atoms with van der Waals surface area (Å²) in [6, 6.07) is 7.45. The molecular weight excluding hydrogens is 244 g/mol. The molecule has 0 bridgehead atoms. The molecule has 1 aliphatic rings. The van der Waals surface area contributed by atoms with E-state index in [1.807, 2.05) is 24.3 Å². The average Bonchev–Trinajstić information content (AvgIpc) is 2.96. The zero-order valence-electron chi connectivity index (χ0n) is 11.1. The first-order chi connectivity index (χ1) is 9.28. The van der Waals surface area contributed by atoms with Crippen LogP contribution < -0.4 is 15.4 Å². The number of hydrogen-bond acceptors (Lipinski definition) is 3. The Morgan fingerprint density at radius 3 is 2.79 bits per heavy atom. The van der Waals surface area contributed by atoms with Gasteiger partial charge in [-0.05, 0) is 30.5 Å². The normalized spacial score (nSPS) is 18.1. The molecule has 1 aromatic carbocycles. The van der Waals surface area contributed by atoms with Crippen LogP contribution in [0.4, 0.5) is 4.79 Å². The van der Waals surface area contributed by atoms with Crippen molar-refractivity contribution in [1.29, 1.82) is 0 Å². The lowest BCUT2D eigenvalue weighted by molar-refractivity contribution is 0.111. The Kier molecular flexibility index (Phi) is 5.03. The molecule has 0 radical (unpaired) electrons. The van der Waals surface area contributed by atoms with E-state index < -0.39 is 0 Å². The van der Waals surface area contributed by atoms with E-state index in [-0.39, 0.29) is 12.1 Å². The van der Waals surface area contributed by atoms with Gasteiger partial charge < -0.3 is 20.1 Å². The topological polar surface area (TPSA) is 59.6 Å². The van der Waals surface area contributed by atoms with Gasteiger partial charge in [-0.1, -0.05) is 12.1 Å². The average molecular weight is 264 g/mol. The summed E-state index contributed by atoms with van der Waals surface area (Å²) in [5, 5.41) is 5.63. The SMILES string of the molecule is COc1ccc(CNC(=O)NC[C@H]2CCCO2)cc1. The van der Waals surface area contributed by atoms with E-state index >= 15 is 0 Å². The van der Waals surface area contributed by atoms with Gasteiger partial charge in [0.05, 0.1) is 13.2 Å². The van der Waals surface area contributed by atoms with Crippen LogP contribution >= 0.6 is 0 Å². The van der Waals surface area contributed by atoms with Gasteiger partial charge in [0.15, 0.2) is 0 Å². The summed E-state index contributed by atoms with van der Waals surface area (Å²) in [5.41, 5.74) is 1.04. The Hall–Kier alpha value is -1.75. The molecule has 1 fully saturated rings. The Bertz CT molecular complexity index is 400. The maximum atomic E-state index is 11.6. The maximum absolute atomic E-state index is 11.6. The van der Waals surface area contributed by atoms with Crippen LogP contribution in [0.5, 0.6) is 5.75 Å². The molecule has 1 aliphatic heterocycles. The standard InChI is InChI=1S/C14H20N2O3/c1-18-12-6-4-11(5-7-12)9-15-14(17)16-10-13-3-2-8-19-13/h4-7,13H,2-3,8-10H2,1H3,(H2,15,16,17)/t13-/m1/s1. The number of urea groups is 1. The molecule has 2 amide bonds. The van der Waals surface area contributed by atoms with E-state index in [1.165, 1.54) is 0 Å². The Balaban J connectivity index is 1.67. The van der Waals surface area contributed by atoms with Crippen LogP contribution in [0.2, 0.25) is 0 Å². The molecule has 5 nitrogen and oxygen atoms in total. The molecule has 1 aromatic rings. The van der Waals surface area contributed by atoms with Gasteiger partial charge in [-0.15, -0.1) is 0 Å². The quantitative estimate of drug-likeness (QED) is 0.850. The zero-order valence-corrected chi connectivity index (χ0v) is 11.1. The highest BCUT2D eigenvalue weighted by atomic mass is 16.5. The molecule has 104 valence electrons. The number of hydrogen-bond donors (Lipinski definition) is 2. The molecule has 0 aromatic heterocycles. The second kappa shape index (κ2) is 6.99. The number of amides is 2. The largest absolute Gasteiger partial charge is 0.497 e. The third kappa shape index (κ3) is 4.44. The highest BCUT2D eigenvalue weighted by Crippen LogP contribution is 2.11. The summed E-state index contributed by atoms with van der Waals surface area (Å²) < 4.78 is 10.5. The molecule has 2 rings (SSSR count). The van der Waals surface area contributed by atoms with Crippen molar-refractivity contribution in [1.82, 2.24) is 10.6 Å². The van der Waals surface area contributed by atoms with Gasteiger partial charge in [-0.25, -0.2) is 4.79 Å². The minimum absolute atomic E-state index is 0.161. The van der Waals surface area contributed by atoms with Gasteiger partial charge in [0.2, 0.25) is 0 Å². The molecule has 0 spiro atoms. The predicted octanol–water partition coefficient (Wildman–Crippen LogP) is 1.67. The van der Waals surface area contributed by atoms with Gasteiger partial charge in [-0.2, -0.15) is 0 Å². The van der Waals surface area contributed by atoms with Gasteiger partial charge in [0.1, 0.15) is 5.75 Å². The third-order valence-electron chi connectivity index (χ3n) is 3.13. The molecule has 0 aliphatic carbocycles. The molecule has 0 unspecified atom stereocenters. The van der Waals surface area contributed by atoms with Crippen molar-refractivity contribution in [3.05, 3.63) is 29.8 Å². The summed E-state index contributed by atoms with van der Waals surface area (Å²) in [4.78, 5) is 11.6. The molecule has 0 saturated carbocycles. The van der Waals surface area contributed by atoms with Crippen molar-refractivity contribution >= 4 is 6.03 Å². The molecule has 1 atom stereocenters. The van der Waals surface area contributed by atoms with Crippen molar-refractivity contribution in [3.8, 4) is 5.75 Å². The number of carbonyl (C=O) groups is 1. The van der Waals surface area contributed by atoms with E-state index in [0.29, 0.717) is 13.1 Å². The Morgan fingerprint density at radius 1 is 1.37 bits per heavy atom. The number of ether oxygens (including phenoxy) is 2. The highest BCUT2D eigenvalue weighted by Gasteiger charge is 2.15. The molecule has 5 heteroatoms. The van der Waals surface area contributed by atoms with Crippen LogP contribution in [0.15, 0.2) is 24.3 Å². The Morgan fingerprint density at radius 2 is 2.16 bits per heavy atom. The first-order valence-corrected chi connectivity index (χ1v) is 6.54. The fourth-order valence-electron chi connectivity index (χ4n) is 2.00. The number of benzene rings is 1. The van der Waals surface area contributed by atoms with E-state index in [4.69, 9.17) is 9.47 Å². The molecule has 19 heavy (non-hydrogen) atoms. The minimum atomic E-state index is -0.161. The van der Waals surface area contributed by atoms with Gasteiger partial charge >= 0.3 is 6.03 Å². The zero-order chi connectivity index (χ0) is 13.5. The van der Waals surface area contributed by atoms with Crippen molar-refractivity contribution in [2.24, 2.45) is 0 Å². The maximum Gasteiger partial charge on any atom is 0.315 e. The fraction of sp³-hybridized carbons (Fsp3) is 0.500. The second-order valence-corrected chi connectivity index (χ2v) is 4.55. The summed E-state index contributed by atoms with van der Waals surface area (Å²) in [6.07, 6.45) is 2.28. The summed E-state index contributed by atoms with van der Waals surface area (Å²) in [6.45, 7) is 1.88. The van der Waals surface area contributed by atoms with E-state index in [9.17, 15) is 4.79 Å². The van der Waals surface area contributed by atoms with Crippen LogP contribution in [0.25, 0.3) is 0 Å². The van der Waals surface area contributed by atoms with Crippen molar-refractivity contribution in [2.45, 2.75) is 25.5 Å². The predicted molar refractivity (Wildman–Crippen MR) is 72.2 cm³/mol. The van der Waals surface area contributed by atoms with Crippen LogP contribution in [-0.4, -0.2) is 32.4 Å². The van der Waals surface area contributed by atoms with E-state index in [1.54, 1.807) is 7.11 Å². The lowest BCUT2D eigenvalue weighted by Gasteiger charge is -2.11. The van der Waals surface area contributed by atoms with Crippen LogP contribution in [0, 0.1) is 0 Å². The molecule has 2 N–H and O–H groups in total. The van der Waals surface area contributed by atoms with E-state index in [2.05, 4.69) is 10.6 Å². The van der Waals surface area contributed by atoms with Crippen LogP contribution in [0.3, 0.4) is 0 Å². The lowest BCUT2D eigenvalue weighted by atomic mass is 10.2. The first kappa shape index (κ1) is 13.7. The lowest BCUT2D eigenvalue weighted by Crippen LogP contribution is -2.39. The number of rotatable bonds is 5. The third-order valence-corrected chi connectivity index (χ3v) is 3.13. The minimum Gasteiger partial charge on any atom is -0.497 e. The van der Waals surface area contributed by atoms with Crippen molar-refractivity contribution in [3.63, 3.8) is 0 Å². The van der Waals surface area contributed by atoms with Crippen molar-refractivity contribution < 1.29 is 14.3 Å². The molecular formula is C14H20N2O3. The van der Waals surface area contributed by atoms with Gasteiger partial charge in [0.25, 0.3) is 0 Å². The number of nitrogens with one attached hydrogen (secondary N) is 2. The first-order valence-electron chi connectivity index (χ1n) is 6.54. The summed E-state index contributed by atoms with van der Waals surface area (Å²) in [7, 11) is 1.63. The molecule has 1 heterocycles. The highest BCUT2D eigenvalue weighted by molar-refractivity contribution is 5.73.